The number of carboxylic acids is 1. The summed E-state index contributed by atoms with van der Waals surface area (Å²) in [5.41, 5.74) is 1.14. The Labute approximate surface area is 125 Å². The molecule has 0 fully saturated rings. The fourth-order valence-electron chi connectivity index (χ4n) is 1.67. The quantitative estimate of drug-likeness (QED) is 0.797. The molecule has 0 unspecified atom stereocenters. The monoisotopic (exact) mass is 305 g/mol. The average Bonchev–Trinajstić information content (AvgIpc) is 3.06. The highest BCUT2D eigenvalue weighted by atomic mass is 32.1. The van der Waals surface area contributed by atoms with E-state index in [0.29, 0.717) is 13.1 Å². The number of nitrogens with one attached hydrogen (secondary N) is 1. The molecule has 2 heterocycles. The van der Waals surface area contributed by atoms with Crippen LogP contribution in [0.5, 0.6) is 0 Å². The van der Waals surface area contributed by atoms with Gasteiger partial charge in [0.1, 0.15) is 0 Å². The van der Waals surface area contributed by atoms with Crippen molar-refractivity contribution in [1.82, 2.24) is 14.9 Å². The normalized spacial score (nSPS) is 10.9. The number of hydrogen-bond acceptors (Lipinski definition) is 4. The van der Waals surface area contributed by atoms with Crippen LogP contribution in [-0.4, -0.2) is 33.1 Å². The summed E-state index contributed by atoms with van der Waals surface area (Å²) in [6, 6.07) is 2.00. The second kappa shape index (κ2) is 6.85. The van der Waals surface area contributed by atoms with Gasteiger partial charge in [-0.3, -0.25) is 4.79 Å². The third kappa shape index (κ3) is 4.28. The fourth-order valence-corrected chi connectivity index (χ4v) is 2.49. The molecule has 1 amide bonds. The molecule has 21 heavy (non-hydrogen) atoms. The molecule has 110 valence electrons. The third-order valence-electron chi connectivity index (χ3n) is 2.81. The van der Waals surface area contributed by atoms with Crippen molar-refractivity contribution in [3.8, 4) is 0 Å². The van der Waals surface area contributed by atoms with Crippen LogP contribution in [0.3, 0.4) is 0 Å². The minimum Gasteiger partial charge on any atom is -0.476 e. The van der Waals surface area contributed by atoms with Crippen molar-refractivity contribution in [1.29, 1.82) is 0 Å². The Morgan fingerprint density at radius 1 is 1.52 bits per heavy atom. The Morgan fingerprint density at radius 2 is 2.33 bits per heavy atom. The van der Waals surface area contributed by atoms with E-state index in [1.165, 1.54) is 18.6 Å². The topological polar surface area (TPSA) is 84.2 Å². The highest BCUT2D eigenvalue weighted by Gasteiger charge is 2.06. The first kappa shape index (κ1) is 15.0. The van der Waals surface area contributed by atoms with Gasteiger partial charge >= 0.3 is 5.97 Å². The van der Waals surface area contributed by atoms with Crippen molar-refractivity contribution in [2.45, 2.75) is 13.5 Å². The van der Waals surface area contributed by atoms with Gasteiger partial charge in [-0.25, -0.2) is 9.78 Å². The summed E-state index contributed by atoms with van der Waals surface area (Å²) < 4.78 is 1.62. The molecule has 0 aliphatic rings. The van der Waals surface area contributed by atoms with E-state index in [1.807, 2.05) is 18.4 Å². The number of nitrogens with zero attached hydrogens (tertiary/aromatic N) is 2. The SMILES string of the molecule is Cc1ccsc1/C=C/C(=O)NCCn1cnc(C(=O)O)c1. The van der Waals surface area contributed by atoms with Gasteiger partial charge in [-0.2, -0.15) is 0 Å². The Hall–Kier alpha value is -2.41. The molecule has 0 bridgehead atoms. The van der Waals surface area contributed by atoms with Crippen LogP contribution in [0.2, 0.25) is 0 Å². The van der Waals surface area contributed by atoms with E-state index < -0.39 is 5.97 Å². The van der Waals surface area contributed by atoms with Gasteiger partial charge in [0.25, 0.3) is 0 Å². The summed E-state index contributed by atoms with van der Waals surface area (Å²) in [5, 5.41) is 13.5. The summed E-state index contributed by atoms with van der Waals surface area (Å²) in [6.45, 7) is 2.87. The van der Waals surface area contributed by atoms with Crippen molar-refractivity contribution in [2.24, 2.45) is 0 Å². The molecule has 0 aromatic carbocycles. The van der Waals surface area contributed by atoms with Crippen LogP contribution in [0.15, 0.2) is 30.0 Å². The van der Waals surface area contributed by atoms with Gasteiger partial charge in [0.2, 0.25) is 5.91 Å². The number of aryl methyl sites for hydroxylation is 1. The number of rotatable bonds is 6. The summed E-state index contributed by atoms with van der Waals surface area (Å²) in [4.78, 5) is 27.1. The predicted octanol–water partition coefficient (Wildman–Crippen LogP) is 1.78. The average molecular weight is 305 g/mol. The molecule has 2 aromatic rings. The van der Waals surface area contributed by atoms with E-state index in [1.54, 1.807) is 22.0 Å². The predicted molar refractivity (Wildman–Crippen MR) is 80.3 cm³/mol. The Balaban J connectivity index is 1.77. The molecule has 0 spiro atoms. The molecule has 0 saturated heterocycles. The molecule has 0 radical (unpaired) electrons. The zero-order valence-electron chi connectivity index (χ0n) is 11.4. The number of aromatic carboxylic acids is 1. The maximum Gasteiger partial charge on any atom is 0.356 e. The highest BCUT2D eigenvalue weighted by molar-refractivity contribution is 7.11. The number of amides is 1. The maximum atomic E-state index is 11.6. The third-order valence-corrected chi connectivity index (χ3v) is 3.79. The molecule has 0 aliphatic heterocycles. The second-order valence-corrected chi connectivity index (χ2v) is 5.34. The van der Waals surface area contributed by atoms with Crippen LogP contribution < -0.4 is 5.32 Å². The number of imidazole rings is 1. The standard InChI is InChI=1S/C14H15N3O3S/c1-10-4-7-21-12(10)2-3-13(18)15-5-6-17-8-11(14(19)20)16-9-17/h2-4,7-9H,5-6H2,1H3,(H,15,18)(H,19,20)/b3-2+. The van der Waals surface area contributed by atoms with E-state index in [-0.39, 0.29) is 11.6 Å². The van der Waals surface area contributed by atoms with E-state index in [2.05, 4.69) is 10.3 Å². The largest absolute Gasteiger partial charge is 0.476 e. The van der Waals surface area contributed by atoms with Crippen molar-refractivity contribution in [3.63, 3.8) is 0 Å². The Bertz CT molecular complexity index is 673. The van der Waals surface area contributed by atoms with Crippen LogP contribution in [0.25, 0.3) is 6.08 Å². The lowest BCUT2D eigenvalue weighted by molar-refractivity contribution is -0.116. The van der Waals surface area contributed by atoms with Crippen molar-refractivity contribution in [2.75, 3.05) is 6.54 Å². The molecule has 2 N–H and O–H groups in total. The number of carbonyl (C=O) groups excluding carboxylic acids is 1. The summed E-state index contributed by atoms with van der Waals surface area (Å²) in [7, 11) is 0. The molecular weight excluding hydrogens is 290 g/mol. The molecule has 2 aromatic heterocycles. The van der Waals surface area contributed by atoms with Crippen LogP contribution >= 0.6 is 11.3 Å². The van der Waals surface area contributed by atoms with Gasteiger partial charge in [0.15, 0.2) is 5.69 Å². The van der Waals surface area contributed by atoms with Gasteiger partial charge < -0.3 is 15.0 Å². The lowest BCUT2D eigenvalue weighted by Gasteiger charge is -2.02. The molecule has 6 nitrogen and oxygen atoms in total. The molecule has 0 aliphatic carbocycles. The number of thiophene rings is 1. The second-order valence-electron chi connectivity index (χ2n) is 4.39. The first-order valence-corrected chi connectivity index (χ1v) is 7.19. The number of carboxylic acid groups (broad SMARTS) is 1. The smallest absolute Gasteiger partial charge is 0.356 e. The van der Waals surface area contributed by atoms with E-state index in [9.17, 15) is 9.59 Å². The lowest BCUT2D eigenvalue weighted by Crippen LogP contribution is -2.25. The summed E-state index contributed by atoms with van der Waals surface area (Å²) >= 11 is 1.58. The minimum atomic E-state index is -1.06. The van der Waals surface area contributed by atoms with Crippen molar-refractivity contribution in [3.05, 3.63) is 46.2 Å². The van der Waals surface area contributed by atoms with Crippen molar-refractivity contribution < 1.29 is 14.7 Å². The molecular formula is C14H15N3O3S. The zero-order valence-corrected chi connectivity index (χ0v) is 12.3. The number of carbonyl (C=O) groups is 2. The van der Waals surface area contributed by atoms with Gasteiger partial charge in [-0.05, 0) is 30.0 Å². The van der Waals surface area contributed by atoms with E-state index in [0.717, 1.165) is 10.4 Å². The lowest BCUT2D eigenvalue weighted by atomic mass is 10.3. The Kier molecular flexibility index (Phi) is 4.89. The Morgan fingerprint density at radius 3 is 2.95 bits per heavy atom. The van der Waals surface area contributed by atoms with Gasteiger partial charge in [0, 0.05) is 30.2 Å². The highest BCUT2D eigenvalue weighted by Crippen LogP contribution is 2.16. The number of aromatic nitrogens is 2. The van der Waals surface area contributed by atoms with Crippen LogP contribution in [0, 0.1) is 6.92 Å². The van der Waals surface area contributed by atoms with Gasteiger partial charge in [-0.1, -0.05) is 0 Å². The van der Waals surface area contributed by atoms with Crippen LogP contribution in [0.1, 0.15) is 20.9 Å². The van der Waals surface area contributed by atoms with E-state index in [4.69, 9.17) is 5.11 Å². The molecule has 0 saturated carbocycles. The van der Waals surface area contributed by atoms with Crippen molar-refractivity contribution >= 4 is 29.3 Å². The van der Waals surface area contributed by atoms with Gasteiger partial charge in [0.05, 0.1) is 6.33 Å². The van der Waals surface area contributed by atoms with Gasteiger partial charge in [-0.15, -0.1) is 11.3 Å². The summed E-state index contributed by atoms with van der Waals surface area (Å²) in [5.74, 6) is -1.24. The fraction of sp³-hybridized carbons (Fsp3) is 0.214. The first-order valence-electron chi connectivity index (χ1n) is 6.31. The van der Waals surface area contributed by atoms with Crippen LogP contribution in [-0.2, 0) is 11.3 Å². The minimum absolute atomic E-state index is 0.00519. The van der Waals surface area contributed by atoms with E-state index >= 15 is 0 Å². The molecule has 0 atom stereocenters. The number of hydrogen-bond donors (Lipinski definition) is 2. The first-order chi connectivity index (χ1) is 10.1. The van der Waals surface area contributed by atoms with Crippen LogP contribution in [0.4, 0.5) is 0 Å². The maximum absolute atomic E-state index is 11.6. The zero-order chi connectivity index (χ0) is 15.2. The molecule has 7 heteroatoms. The molecule has 2 rings (SSSR count). The summed E-state index contributed by atoms with van der Waals surface area (Å²) in [6.07, 6.45) is 6.14.